The fourth-order valence-corrected chi connectivity index (χ4v) is 2.43. The van der Waals surface area contributed by atoms with Gasteiger partial charge in [0.15, 0.2) is 5.69 Å². The molecular weight excluding hydrogens is 322 g/mol. The second-order valence-electron chi connectivity index (χ2n) is 5.01. The van der Waals surface area contributed by atoms with Crippen LogP contribution < -0.4 is 5.32 Å². The molecule has 5 nitrogen and oxygen atoms in total. The van der Waals surface area contributed by atoms with Gasteiger partial charge in [-0.1, -0.05) is 25.4 Å². The highest BCUT2D eigenvalue weighted by molar-refractivity contribution is 7.84. The van der Waals surface area contributed by atoms with E-state index in [9.17, 15) is 9.00 Å². The van der Waals surface area contributed by atoms with E-state index in [2.05, 4.69) is 15.3 Å². The molecule has 1 atom stereocenters. The molecule has 0 fully saturated rings. The Labute approximate surface area is 136 Å². The number of halogens is 1. The average Bonchev–Trinajstić information content (AvgIpc) is 2.47. The van der Waals surface area contributed by atoms with E-state index < -0.39 is 16.7 Å². The van der Waals surface area contributed by atoms with Gasteiger partial charge in [-0.05, 0) is 24.3 Å². The Kier molecular flexibility index (Phi) is 5.26. The number of carbonyl (C=O) groups is 1. The minimum Gasteiger partial charge on any atom is -0.321 e. The van der Waals surface area contributed by atoms with Gasteiger partial charge in [-0.2, -0.15) is 0 Å². The summed E-state index contributed by atoms with van der Waals surface area (Å²) in [5.74, 6) is 0.258. The molecule has 0 unspecified atom stereocenters. The molecule has 0 saturated carbocycles. The van der Waals surface area contributed by atoms with Crippen LogP contribution in [0.15, 0.2) is 35.4 Å². The van der Waals surface area contributed by atoms with Crippen LogP contribution in [0.1, 0.15) is 36.1 Å². The zero-order valence-corrected chi connectivity index (χ0v) is 14.0. The standard InChI is InChI=1S/C15H16ClN3O2S/c1-9(2)14-17-8-12(16)13(19-14)15(20)18-10-4-6-11(7-5-10)22(3)21/h4-9H,1-3H3,(H,18,20)/t22-/m0/s1. The summed E-state index contributed by atoms with van der Waals surface area (Å²) in [4.78, 5) is 21.3. The van der Waals surface area contributed by atoms with E-state index in [1.807, 2.05) is 13.8 Å². The smallest absolute Gasteiger partial charge is 0.275 e. The van der Waals surface area contributed by atoms with Gasteiger partial charge in [-0.15, -0.1) is 0 Å². The second-order valence-corrected chi connectivity index (χ2v) is 6.80. The minimum absolute atomic E-state index is 0.0997. The van der Waals surface area contributed by atoms with Crippen LogP contribution in [-0.2, 0) is 10.8 Å². The Bertz CT molecular complexity index is 717. The lowest BCUT2D eigenvalue weighted by atomic mass is 10.2. The molecule has 2 aromatic rings. The number of nitrogens with one attached hydrogen (secondary N) is 1. The molecule has 1 aromatic carbocycles. The normalized spacial score (nSPS) is 12.2. The minimum atomic E-state index is -1.05. The lowest BCUT2D eigenvalue weighted by Crippen LogP contribution is -2.16. The summed E-state index contributed by atoms with van der Waals surface area (Å²) in [7, 11) is -1.05. The van der Waals surface area contributed by atoms with E-state index in [0.717, 1.165) is 0 Å². The number of benzene rings is 1. The zero-order chi connectivity index (χ0) is 16.3. The van der Waals surface area contributed by atoms with Gasteiger partial charge in [0, 0.05) is 33.6 Å². The van der Waals surface area contributed by atoms with Crippen molar-refractivity contribution < 1.29 is 9.00 Å². The molecule has 1 amide bonds. The summed E-state index contributed by atoms with van der Waals surface area (Å²) in [5, 5.41) is 2.92. The second kappa shape index (κ2) is 6.98. The van der Waals surface area contributed by atoms with Gasteiger partial charge in [-0.3, -0.25) is 9.00 Å². The molecule has 0 spiro atoms. The SMILES string of the molecule is CC(C)c1ncc(Cl)c(C(=O)Nc2ccc([S@](C)=O)cc2)n1. The van der Waals surface area contributed by atoms with Crippen LogP contribution in [0.25, 0.3) is 0 Å². The van der Waals surface area contributed by atoms with Gasteiger partial charge >= 0.3 is 0 Å². The van der Waals surface area contributed by atoms with E-state index >= 15 is 0 Å². The highest BCUT2D eigenvalue weighted by atomic mass is 35.5. The summed E-state index contributed by atoms with van der Waals surface area (Å²) in [6, 6.07) is 6.78. The first-order chi connectivity index (χ1) is 10.4. The number of amides is 1. The van der Waals surface area contributed by atoms with Gasteiger partial charge in [-0.25, -0.2) is 9.97 Å². The van der Waals surface area contributed by atoms with Gasteiger partial charge in [0.25, 0.3) is 5.91 Å². The van der Waals surface area contributed by atoms with Gasteiger partial charge < -0.3 is 5.32 Å². The van der Waals surface area contributed by atoms with Crippen molar-refractivity contribution in [1.29, 1.82) is 0 Å². The quantitative estimate of drug-likeness (QED) is 0.929. The first-order valence-corrected chi connectivity index (χ1v) is 8.59. The molecule has 1 N–H and O–H groups in total. The fourth-order valence-electron chi connectivity index (χ4n) is 1.74. The van der Waals surface area contributed by atoms with E-state index in [4.69, 9.17) is 11.6 Å². The third kappa shape index (κ3) is 3.90. The van der Waals surface area contributed by atoms with E-state index in [1.165, 1.54) is 6.20 Å². The molecule has 2 rings (SSSR count). The maximum atomic E-state index is 12.3. The van der Waals surface area contributed by atoms with E-state index in [-0.39, 0.29) is 16.6 Å². The van der Waals surface area contributed by atoms with Crippen molar-refractivity contribution in [3.8, 4) is 0 Å². The summed E-state index contributed by atoms with van der Waals surface area (Å²) >= 11 is 6.00. The molecule has 0 radical (unpaired) electrons. The summed E-state index contributed by atoms with van der Waals surface area (Å²) in [5.41, 5.74) is 0.725. The average molecular weight is 338 g/mol. The Hall–Kier alpha value is -1.79. The molecular formula is C15H16ClN3O2S. The fraction of sp³-hybridized carbons (Fsp3) is 0.267. The summed E-state index contributed by atoms with van der Waals surface area (Å²) in [6.07, 6.45) is 3.03. The van der Waals surface area contributed by atoms with Crippen LogP contribution in [0.5, 0.6) is 0 Å². The lowest BCUT2D eigenvalue weighted by Gasteiger charge is -2.09. The highest BCUT2D eigenvalue weighted by Crippen LogP contribution is 2.18. The molecule has 0 aliphatic rings. The summed E-state index contributed by atoms with van der Waals surface area (Å²) < 4.78 is 11.3. The Morgan fingerprint density at radius 2 is 1.91 bits per heavy atom. The number of hydrogen-bond acceptors (Lipinski definition) is 4. The summed E-state index contributed by atoms with van der Waals surface area (Å²) in [6.45, 7) is 3.88. The maximum absolute atomic E-state index is 12.3. The Balaban J connectivity index is 2.21. The van der Waals surface area contributed by atoms with Gasteiger partial charge in [0.2, 0.25) is 0 Å². The lowest BCUT2D eigenvalue weighted by molar-refractivity contribution is 0.102. The van der Waals surface area contributed by atoms with Crippen LogP contribution in [0, 0.1) is 0 Å². The highest BCUT2D eigenvalue weighted by Gasteiger charge is 2.15. The molecule has 0 aliphatic carbocycles. The molecule has 116 valence electrons. The van der Waals surface area contributed by atoms with Crippen molar-refractivity contribution in [2.24, 2.45) is 0 Å². The molecule has 0 bridgehead atoms. The number of anilines is 1. The van der Waals surface area contributed by atoms with E-state index in [1.54, 1.807) is 30.5 Å². The number of rotatable bonds is 4. The van der Waals surface area contributed by atoms with Crippen molar-refractivity contribution >= 4 is 34.0 Å². The maximum Gasteiger partial charge on any atom is 0.275 e. The molecule has 22 heavy (non-hydrogen) atoms. The van der Waals surface area contributed by atoms with Crippen LogP contribution in [0.2, 0.25) is 5.02 Å². The van der Waals surface area contributed by atoms with Crippen LogP contribution >= 0.6 is 11.6 Å². The van der Waals surface area contributed by atoms with Crippen molar-refractivity contribution in [1.82, 2.24) is 9.97 Å². The van der Waals surface area contributed by atoms with Crippen molar-refractivity contribution in [3.05, 3.63) is 47.0 Å². The molecule has 1 aromatic heterocycles. The topological polar surface area (TPSA) is 72.0 Å². The third-order valence-corrected chi connectivity index (χ3v) is 4.15. The van der Waals surface area contributed by atoms with Gasteiger partial charge in [0.1, 0.15) is 5.82 Å². The Morgan fingerprint density at radius 3 is 2.45 bits per heavy atom. The molecule has 0 aliphatic heterocycles. The Morgan fingerprint density at radius 1 is 1.27 bits per heavy atom. The zero-order valence-electron chi connectivity index (χ0n) is 12.5. The molecule has 1 heterocycles. The van der Waals surface area contributed by atoms with Crippen LogP contribution in [0.4, 0.5) is 5.69 Å². The number of aromatic nitrogens is 2. The third-order valence-electron chi connectivity index (χ3n) is 2.94. The predicted octanol–water partition coefficient (Wildman–Crippen LogP) is 3.24. The molecule has 0 saturated heterocycles. The monoisotopic (exact) mass is 337 g/mol. The number of hydrogen-bond donors (Lipinski definition) is 1. The predicted molar refractivity (Wildman–Crippen MR) is 87.9 cm³/mol. The molecule has 7 heteroatoms. The largest absolute Gasteiger partial charge is 0.321 e. The van der Waals surface area contributed by atoms with Crippen molar-refractivity contribution in [2.75, 3.05) is 11.6 Å². The number of nitrogens with zero attached hydrogens (tertiary/aromatic N) is 2. The van der Waals surface area contributed by atoms with Crippen LogP contribution in [-0.4, -0.2) is 26.3 Å². The first-order valence-electron chi connectivity index (χ1n) is 6.65. The van der Waals surface area contributed by atoms with E-state index in [0.29, 0.717) is 16.4 Å². The van der Waals surface area contributed by atoms with Gasteiger partial charge in [0.05, 0.1) is 11.2 Å². The first kappa shape index (κ1) is 16.6. The van der Waals surface area contributed by atoms with Crippen molar-refractivity contribution in [3.63, 3.8) is 0 Å². The van der Waals surface area contributed by atoms with Crippen molar-refractivity contribution in [2.45, 2.75) is 24.7 Å². The van der Waals surface area contributed by atoms with Crippen LogP contribution in [0.3, 0.4) is 0 Å². The number of carbonyl (C=O) groups excluding carboxylic acids is 1.